The number of ether oxygens (including phenoxy) is 1. The molecule has 0 radical (unpaired) electrons. The van der Waals surface area contributed by atoms with Gasteiger partial charge < -0.3 is 14.9 Å². The van der Waals surface area contributed by atoms with E-state index in [0.717, 1.165) is 28.4 Å². The number of nitrogens with two attached hydrogens (primary N) is 1. The summed E-state index contributed by atoms with van der Waals surface area (Å²) in [6, 6.07) is 5.16. The van der Waals surface area contributed by atoms with Gasteiger partial charge in [0.05, 0.1) is 16.6 Å². The van der Waals surface area contributed by atoms with Gasteiger partial charge in [0.25, 0.3) is 10.0 Å². The van der Waals surface area contributed by atoms with Crippen molar-refractivity contribution in [3.05, 3.63) is 48.5 Å². The number of aryl methyl sites for hydroxylation is 1. The van der Waals surface area contributed by atoms with Gasteiger partial charge in [0.15, 0.2) is 5.03 Å². The summed E-state index contributed by atoms with van der Waals surface area (Å²) in [4.78, 5) is 17.4. The normalized spacial score (nSPS) is 21.4. The first kappa shape index (κ1) is 23.3. The molecule has 0 aromatic carbocycles. The number of esters is 1. The molecular weight excluding hydrogens is 464 g/mol. The van der Waals surface area contributed by atoms with E-state index in [4.69, 9.17) is 22.7 Å². The van der Waals surface area contributed by atoms with Crippen LogP contribution >= 0.6 is 12.2 Å². The maximum absolute atomic E-state index is 12.9. The minimum atomic E-state index is -3.91. The molecule has 2 atom stereocenters. The first-order valence-electron chi connectivity index (χ1n) is 10.5. The number of fused-ring (bicyclic) bond motifs is 1. The molecule has 2 N–H and O–H groups in total. The van der Waals surface area contributed by atoms with Crippen LogP contribution in [0.25, 0.3) is 5.65 Å². The second-order valence-electron chi connectivity index (χ2n) is 8.22. The zero-order valence-electron chi connectivity index (χ0n) is 18.4. The summed E-state index contributed by atoms with van der Waals surface area (Å²) in [7, 11) is -1.05. The number of nitrogens with zero attached hydrogens (tertiary/aromatic N) is 5. The molecule has 33 heavy (non-hydrogen) atoms. The number of likely N-dealkylation sites (N-methyl/N-ethyl adjacent to an activating group) is 1. The molecule has 0 spiro atoms. The number of carbonyl (C=O) groups excluding carboxylic acids is 1. The van der Waals surface area contributed by atoms with Gasteiger partial charge >= 0.3 is 5.97 Å². The monoisotopic (exact) mass is 490 g/mol. The number of hydrogen-bond donors (Lipinski definition) is 1. The third kappa shape index (κ3) is 4.13. The molecule has 3 aromatic rings. The van der Waals surface area contributed by atoms with Gasteiger partial charge in [-0.3, -0.25) is 9.48 Å². The fourth-order valence-corrected chi connectivity index (χ4v) is 6.04. The van der Waals surface area contributed by atoms with E-state index in [9.17, 15) is 13.2 Å². The summed E-state index contributed by atoms with van der Waals surface area (Å²) in [5.41, 5.74) is 7.05. The zero-order chi connectivity index (χ0) is 23.8. The van der Waals surface area contributed by atoms with Crippen molar-refractivity contribution in [1.29, 1.82) is 0 Å². The van der Waals surface area contributed by atoms with Crippen LogP contribution in [0.15, 0.2) is 48.0 Å². The first-order valence-corrected chi connectivity index (χ1v) is 12.4. The lowest BCUT2D eigenvalue weighted by Crippen LogP contribution is -2.53. The van der Waals surface area contributed by atoms with Crippen LogP contribution in [0, 0.1) is 0 Å². The topological polar surface area (TPSA) is 125 Å². The average Bonchev–Trinajstić information content (AvgIpc) is 3.42. The lowest BCUT2D eigenvalue weighted by atomic mass is 9.67. The van der Waals surface area contributed by atoms with Gasteiger partial charge in [-0.05, 0) is 37.0 Å². The van der Waals surface area contributed by atoms with E-state index in [-0.39, 0.29) is 10.0 Å². The minimum absolute atomic E-state index is 0.0124. The van der Waals surface area contributed by atoms with Crippen LogP contribution in [0.3, 0.4) is 0 Å². The van der Waals surface area contributed by atoms with E-state index in [1.54, 1.807) is 6.20 Å². The Balaban J connectivity index is 1.59. The van der Waals surface area contributed by atoms with Gasteiger partial charge in [0.2, 0.25) is 0 Å². The maximum Gasteiger partial charge on any atom is 0.321 e. The van der Waals surface area contributed by atoms with Gasteiger partial charge in [-0.15, -0.1) is 0 Å². The largest absolute Gasteiger partial charge is 0.460 e. The third-order valence-corrected chi connectivity index (χ3v) is 8.50. The number of imidazole rings is 1. The molecule has 1 aliphatic rings. The number of aromatic nitrogens is 4. The Morgan fingerprint density at radius 2 is 2.12 bits per heavy atom. The van der Waals surface area contributed by atoms with Crippen LogP contribution in [-0.2, 0) is 32.0 Å². The Hall–Kier alpha value is -2.83. The molecule has 3 heterocycles. The molecular formula is C21H26N6O4S2. The van der Waals surface area contributed by atoms with Crippen molar-refractivity contribution in [3.8, 4) is 0 Å². The third-order valence-electron chi connectivity index (χ3n) is 6.26. The molecule has 1 saturated carbocycles. The standard InChI is InChI=1S/C21H26N6O4S2/c1-25(33(29,30)18-8-10-24-26(18)2)14-19(28)31-16-5-3-4-9-21(16,20(22)32)15-6-7-17-23-11-12-27(17)13-15/h6-8,10-13,16H,3-5,9,14H2,1-2H3,(H2,22,32). The van der Waals surface area contributed by atoms with Crippen molar-refractivity contribution in [2.45, 2.75) is 42.2 Å². The Kier molecular flexibility index (Phi) is 6.25. The maximum atomic E-state index is 12.9. The Labute approximate surface area is 197 Å². The van der Waals surface area contributed by atoms with Crippen LogP contribution < -0.4 is 5.73 Å². The van der Waals surface area contributed by atoms with Gasteiger partial charge in [0.1, 0.15) is 18.3 Å². The highest BCUT2D eigenvalue weighted by Crippen LogP contribution is 2.42. The lowest BCUT2D eigenvalue weighted by molar-refractivity contribution is -0.153. The van der Waals surface area contributed by atoms with E-state index < -0.39 is 34.1 Å². The van der Waals surface area contributed by atoms with Gasteiger partial charge in [0, 0.05) is 32.7 Å². The van der Waals surface area contributed by atoms with Crippen molar-refractivity contribution in [2.24, 2.45) is 12.8 Å². The van der Waals surface area contributed by atoms with E-state index in [0.29, 0.717) is 12.8 Å². The Morgan fingerprint density at radius 3 is 2.82 bits per heavy atom. The highest BCUT2D eigenvalue weighted by molar-refractivity contribution is 7.89. The first-order chi connectivity index (χ1) is 15.7. The number of hydrogen-bond acceptors (Lipinski definition) is 7. The zero-order valence-corrected chi connectivity index (χ0v) is 20.1. The van der Waals surface area contributed by atoms with E-state index >= 15 is 0 Å². The Morgan fingerprint density at radius 1 is 1.33 bits per heavy atom. The van der Waals surface area contributed by atoms with E-state index in [1.807, 2.05) is 28.9 Å². The van der Waals surface area contributed by atoms with Crippen LogP contribution in [0.2, 0.25) is 0 Å². The van der Waals surface area contributed by atoms with Crippen LogP contribution in [0.5, 0.6) is 0 Å². The molecule has 176 valence electrons. The minimum Gasteiger partial charge on any atom is -0.460 e. The van der Waals surface area contributed by atoms with E-state index in [1.165, 1.54) is 31.0 Å². The average molecular weight is 491 g/mol. The summed E-state index contributed by atoms with van der Waals surface area (Å²) in [5, 5.41) is 3.88. The van der Waals surface area contributed by atoms with E-state index in [2.05, 4.69) is 10.1 Å². The molecule has 3 aromatic heterocycles. The fourth-order valence-electron chi connectivity index (χ4n) is 4.48. The SMILES string of the molecule is CN(CC(=O)OC1CCCCC1(C(N)=S)c1ccc2nccn2c1)S(=O)(=O)c1ccnn1C. The molecule has 12 heteroatoms. The molecule has 2 unspecified atom stereocenters. The van der Waals surface area contributed by atoms with Gasteiger partial charge in [-0.1, -0.05) is 24.7 Å². The summed E-state index contributed by atoms with van der Waals surface area (Å²) in [6.45, 7) is -0.446. The summed E-state index contributed by atoms with van der Waals surface area (Å²) >= 11 is 5.50. The number of thiocarbonyl (C=S) groups is 1. The highest BCUT2D eigenvalue weighted by Gasteiger charge is 2.47. The van der Waals surface area contributed by atoms with Crippen LogP contribution in [0.1, 0.15) is 31.2 Å². The molecule has 0 bridgehead atoms. The second kappa shape index (κ2) is 8.84. The fraction of sp³-hybridized carbons (Fsp3) is 0.429. The molecule has 1 fully saturated rings. The number of carbonyl (C=O) groups is 1. The quantitative estimate of drug-likeness (QED) is 0.389. The number of pyridine rings is 1. The molecule has 0 amide bonds. The molecule has 10 nitrogen and oxygen atoms in total. The molecule has 4 rings (SSSR count). The smallest absolute Gasteiger partial charge is 0.321 e. The predicted molar refractivity (Wildman–Crippen MR) is 125 cm³/mol. The van der Waals surface area contributed by atoms with Gasteiger partial charge in [-0.25, -0.2) is 13.4 Å². The summed E-state index contributed by atoms with van der Waals surface area (Å²) < 4.78 is 35.5. The number of sulfonamides is 1. The van der Waals surface area contributed by atoms with Crippen molar-refractivity contribution in [1.82, 2.24) is 23.5 Å². The van der Waals surface area contributed by atoms with Crippen LogP contribution in [0.4, 0.5) is 0 Å². The lowest BCUT2D eigenvalue weighted by Gasteiger charge is -2.43. The van der Waals surface area contributed by atoms with Crippen molar-refractivity contribution in [2.75, 3.05) is 13.6 Å². The second-order valence-corrected chi connectivity index (χ2v) is 10.7. The summed E-state index contributed by atoms with van der Waals surface area (Å²) in [5.74, 6) is -0.667. The predicted octanol–water partition coefficient (Wildman–Crippen LogP) is 1.40. The van der Waals surface area contributed by atoms with Crippen molar-refractivity contribution < 1.29 is 17.9 Å². The van der Waals surface area contributed by atoms with Crippen molar-refractivity contribution in [3.63, 3.8) is 0 Å². The summed E-state index contributed by atoms with van der Waals surface area (Å²) in [6.07, 6.45) is 9.14. The number of rotatable bonds is 7. The molecule has 0 aliphatic heterocycles. The highest BCUT2D eigenvalue weighted by atomic mass is 32.2. The van der Waals surface area contributed by atoms with Crippen molar-refractivity contribution >= 4 is 38.8 Å². The van der Waals surface area contributed by atoms with Crippen LogP contribution in [-0.4, -0.2) is 62.5 Å². The molecule has 0 saturated heterocycles. The van der Waals surface area contributed by atoms with Gasteiger partial charge in [-0.2, -0.15) is 9.40 Å². The molecule has 1 aliphatic carbocycles. The Bertz CT molecular complexity index is 1300.